The molecule has 8 heteroatoms. The Kier molecular flexibility index (Phi) is 11.0. The number of allylic oxidation sites excluding steroid dienone is 1. The molecule has 3 aromatic rings. The van der Waals surface area contributed by atoms with Crippen LogP contribution in [0, 0.1) is 0 Å². The van der Waals surface area contributed by atoms with Crippen molar-refractivity contribution in [2.24, 2.45) is 0 Å². The Hall–Kier alpha value is -3.82. The van der Waals surface area contributed by atoms with E-state index in [1.54, 1.807) is 43.3 Å². The molecule has 5 atom stereocenters. The first kappa shape index (κ1) is 29.2. The molecule has 0 bridgehead atoms. The molecule has 1 aliphatic rings. The van der Waals surface area contributed by atoms with Crippen molar-refractivity contribution < 1.29 is 38.0 Å². The van der Waals surface area contributed by atoms with E-state index in [0.29, 0.717) is 12.2 Å². The summed E-state index contributed by atoms with van der Waals surface area (Å²) in [7, 11) is 1.48. The zero-order valence-corrected chi connectivity index (χ0v) is 22.6. The van der Waals surface area contributed by atoms with Crippen LogP contribution in [-0.4, -0.2) is 56.4 Å². The molecule has 0 unspecified atom stereocenters. The van der Waals surface area contributed by atoms with E-state index >= 15 is 0 Å². The summed E-state index contributed by atoms with van der Waals surface area (Å²) in [6, 6.07) is 27.8. The Balaban J connectivity index is 1.62. The standard InChI is InChI=1S/C32H34O8/c1-3-13-27(33)39-29-28(40-31(34)25-18-11-6-12-19-25)26(22-36-20-23-14-7-4-8-15-23)38-32(35-2)30(29)37-21-24-16-9-5-10-17-24/h3-19,26,28-30,32H,20-22H2,1-2H3/b13-3+/t26-,28+,29+,30-,32+/m1/s1. The first-order valence-electron chi connectivity index (χ1n) is 13.1. The van der Waals surface area contributed by atoms with E-state index in [1.165, 1.54) is 13.2 Å². The highest BCUT2D eigenvalue weighted by atomic mass is 16.7. The summed E-state index contributed by atoms with van der Waals surface area (Å²) in [5, 5.41) is 0. The van der Waals surface area contributed by atoms with Crippen LogP contribution in [0.25, 0.3) is 0 Å². The Morgan fingerprint density at radius 3 is 1.98 bits per heavy atom. The molecule has 0 aromatic heterocycles. The number of rotatable bonds is 12. The average Bonchev–Trinajstić information content (AvgIpc) is 2.99. The summed E-state index contributed by atoms with van der Waals surface area (Å²) >= 11 is 0. The molecule has 0 aliphatic carbocycles. The summed E-state index contributed by atoms with van der Waals surface area (Å²) in [4.78, 5) is 25.9. The number of hydrogen-bond donors (Lipinski definition) is 0. The average molecular weight is 547 g/mol. The molecule has 0 spiro atoms. The van der Waals surface area contributed by atoms with E-state index in [1.807, 2.05) is 60.7 Å². The number of carbonyl (C=O) groups is 2. The first-order valence-corrected chi connectivity index (χ1v) is 13.1. The molecule has 0 radical (unpaired) electrons. The van der Waals surface area contributed by atoms with Gasteiger partial charge in [0.15, 0.2) is 18.5 Å². The first-order chi connectivity index (χ1) is 19.6. The van der Waals surface area contributed by atoms with Crippen molar-refractivity contribution in [3.8, 4) is 0 Å². The van der Waals surface area contributed by atoms with Crippen LogP contribution >= 0.6 is 0 Å². The molecule has 8 nitrogen and oxygen atoms in total. The smallest absolute Gasteiger partial charge is 0.338 e. The highest BCUT2D eigenvalue weighted by Gasteiger charge is 2.51. The van der Waals surface area contributed by atoms with Gasteiger partial charge >= 0.3 is 11.9 Å². The fourth-order valence-corrected chi connectivity index (χ4v) is 4.36. The predicted octanol–water partition coefficient (Wildman–Crippen LogP) is 4.87. The normalized spacial score (nSPS) is 22.6. The van der Waals surface area contributed by atoms with Gasteiger partial charge in [0.05, 0.1) is 25.4 Å². The van der Waals surface area contributed by atoms with Crippen molar-refractivity contribution in [1.29, 1.82) is 0 Å². The molecule has 0 amide bonds. The van der Waals surface area contributed by atoms with Crippen LogP contribution < -0.4 is 0 Å². The van der Waals surface area contributed by atoms with E-state index in [4.69, 9.17) is 28.4 Å². The number of benzene rings is 3. The van der Waals surface area contributed by atoms with Gasteiger partial charge in [-0.3, -0.25) is 0 Å². The van der Waals surface area contributed by atoms with Crippen molar-refractivity contribution in [2.45, 2.75) is 50.8 Å². The zero-order valence-electron chi connectivity index (χ0n) is 22.6. The highest BCUT2D eigenvalue weighted by Crippen LogP contribution is 2.31. The van der Waals surface area contributed by atoms with Gasteiger partial charge in [0.2, 0.25) is 0 Å². The number of methoxy groups -OCH3 is 1. The van der Waals surface area contributed by atoms with Crippen LogP contribution in [0.4, 0.5) is 0 Å². The minimum Gasteiger partial charge on any atom is -0.452 e. The number of esters is 2. The Morgan fingerprint density at radius 1 is 0.775 bits per heavy atom. The second-order valence-electron chi connectivity index (χ2n) is 9.18. The second kappa shape index (κ2) is 15.1. The van der Waals surface area contributed by atoms with Gasteiger partial charge in [0.25, 0.3) is 0 Å². The molecule has 0 N–H and O–H groups in total. The largest absolute Gasteiger partial charge is 0.452 e. The van der Waals surface area contributed by atoms with E-state index in [2.05, 4.69) is 0 Å². The predicted molar refractivity (Wildman–Crippen MR) is 147 cm³/mol. The van der Waals surface area contributed by atoms with E-state index < -0.39 is 42.6 Å². The van der Waals surface area contributed by atoms with Crippen LogP contribution in [0.15, 0.2) is 103 Å². The quantitative estimate of drug-likeness (QED) is 0.235. The van der Waals surface area contributed by atoms with Crippen molar-refractivity contribution in [2.75, 3.05) is 13.7 Å². The molecule has 40 heavy (non-hydrogen) atoms. The van der Waals surface area contributed by atoms with Crippen LogP contribution in [0.2, 0.25) is 0 Å². The minimum atomic E-state index is -1.05. The van der Waals surface area contributed by atoms with E-state index in [0.717, 1.165) is 11.1 Å². The maximum absolute atomic E-state index is 13.2. The maximum Gasteiger partial charge on any atom is 0.338 e. The van der Waals surface area contributed by atoms with Gasteiger partial charge in [-0.05, 0) is 30.2 Å². The van der Waals surface area contributed by atoms with Crippen LogP contribution in [0.1, 0.15) is 28.4 Å². The van der Waals surface area contributed by atoms with Crippen molar-refractivity contribution in [3.05, 3.63) is 120 Å². The molecule has 1 heterocycles. The fraction of sp³-hybridized carbons (Fsp3) is 0.312. The Morgan fingerprint density at radius 2 is 1.38 bits per heavy atom. The molecule has 1 aliphatic heterocycles. The fourth-order valence-electron chi connectivity index (χ4n) is 4.36. The summed E-state index contributed by atoms with van der Waals surface area (Å²) in [6.45, 7) is 2.26. The summed E-state index contributed by atoms with van der Waals surface area (Å²) in [6.07, 6.45) is -1.89. The summed E-state index contributed by atoms with van der Waals surface area (Å²) in [5.74, 6) is -1.20. The topological polar surface area (TPSA) is 89.5 Å². The lowest BCUT2D eigenvalue weighted by atomic mass is 9.98. The van der Waals surface area contributed by atoms with Crippen molar-refractivity contribution >= 4 is 11.9 Å². The number of ether oxygens (including phenoxy) is 6. The van der Waals surface area contributed by atoms with Crippen molar-refractivity contribution in [1.82, 2.24) is 0 Å². The molecule has 1 fully saturated rings. The van der Waals surface area contributed by atoms with Gasteiger partial charge in [0.1, 0.15) is 12.2 Å². The van der Waals surface area contributed by atoms with Gasteiger partial charge in [-0.25, -0.2) is 9.59 Å². The molecular weight excluding hydrogens is 512 g/mol. The van der Waals surface area contributed by atoms with Gasteiger partial charge in [-0.2, -0.15) is 0 Å². The summed E-state index contributed by atoms with van der Waals surface area (Å²) in [5.41, 5.74) is 2.22. The zero-order chi connectivity index (χ0) is 28.2. The monoisotopic (exact) mass is 546 g/mol. The van der Waals surface area contributed by atoms with Crippen LogP contribution in [0.3, 0.4) is 0 Å². The SMILES string of the molecule is C/C=C/C(=O)O[C@H]1[C@@H](OC(=O)c2ccccc2)[C@@H](COCc2ccccc2)O[C@H](OC)[C@@H]1OCc1ccccc1. The lowest BCUT2D eigenvalue weighted by Gasteiger charge is -2.44. The van der Waals surface area contributed by atoms with Gasteiger partial charge in [-0.1, -0.05) is 84.9 Å². The maximum atomic E-state index is 13.2. The van der Waals surface area contributed by atoms with E-state index in [9.17, 15) is 9.59 Å². The summed E-state index contributed by atoms with van der Waals surface area (Å²) < 4.78 is 35.9. The van der Waals surface area contributed by atoms with Gasteiger partial charge < -0.3 is 28.4 Å². The lowest BCUT2D eigenvalue weighted by molar-refractivity contribution is -0.308. The Labute approximate surface area is 234 Å². The molecular formula is C32H34O8. The molecule has 4 rings (SSSR count). The van der Waals surface area contributed by atoms with E-state index in [-0.39, 0.29) is 13.2 Å². The molecule has 210 valence electrons. The second-order valence-corrected chi connectivity index (χ2v) is 9.18. The third kappa shape index (κ3) is 8.09. The van der Waals surface area contributed by atoms with Gasteiger partial charge in [0, 0.05) is 13.2 Å². The number of carbonyl (C=O) groups excluding carboxylic acids is 2. The third-order valence-corrected chi connectivity index (χ3v) is 6.31. The molecule has 3 aromatic carbocycles. The lowest BCUT2D eigenvalue weighted by Crippen LogP contribution is -2.62. The van der Waals surface area contributed by atoms with Crippen molar-refractivity contribution in [3.63, 3.8) is 0 Å². The molecule has 0 saturated carbocycles. The highest BCUT2D eigenvalue weighted by molar-refractivity contribution is 5.89. The van der Waals surface area contributed by atoms with Crippen LogP contribution in [0.5, 0.6) is 0 Å². The van der Waals surface area contributed by atoms with Gasteiger partial charge in [-0.15, -0.1) is 0 Å². The third-order valence-electron chi connectivity index (χ3n) is 6.31. The van der Waals surface area contributed by atoms with Crippen LogP contribution in [-0.2, 0) is 46.4 Å². The minimum absolute atomic E-state index is 0.0462. The number of hydrogen-bond acceptors (Lipinski definition) is 8. The molecule has 1 saturated heterocycles. The Bertz CT molecular complexity index is 1220.